The van der Waals surface area contributed by atoms with Gasteiger partial charge in [-0.3, -0.25) is 19.1 Å². The third-order valence-electron chi connectivity index (χ3n) is 4.18. The molecule has 0 radical (unpaired) electrons. The Balaban J connectivity index is 1.91. The summed E-state index contributed by atoms with van der Waals surface area (Å²) in [6, 6.07) is 5.75. The summed E-state index contributed by atoms with van der Waals surface area (Å²) in [7, 11) is 0. The summed E-state index contributed by atoms with van der Waals surface area (Å²) in [6.07, 6.45) is 3.48. The van der Waals surface area contributed by atoms with Crippen LogP contribution in [0.2, 0.25) is 0 Å². The zero-order valence-corrected chi connectivity index (χ0v) is 16.2. The van der Waals surface area contributed by atoms with E-state index < -0.39 is 24.0 Å². The van der Waals surface area contributed by atoms with Gasteiger partial charge in [-0.25, -0.2) is 0 Å². The number of hydrogen-bond donors (Lipinski definition) is 3. The van der Waals surface area contributed by atoms with Crippen molar-refractivity contribution in [2.45, 2.75) is 25.9 Å². The molecule has 2 heterocycles. The van der Waals surface area contributed by atoms with Gasteiger partial charge in [-0.2, -0.15) is 0 Å². The Bertz CT molecular complexity index is 1040. The normalized spacial score (nSPS) is 16.1. The number of nitrogens with zero attached hydrogens (tertiary/aromatic N) is 2. The van der Waals surface area contributed by atoms with E-state index in [9.17, 15) is 14.7 Å². The summed E-state index contributed by atoms with van der Waals surface area (Å²) in [4.78, 5) is 28.0. The Morgan fingerprint density at radius 2 is 2.04 bits per heavy atom. The van der Waals surface area contributed by atoms with Crippen molar-refractivity contribution in [1.29, 1.82) is 0 Å². The monoisotopic (exact) mass is 403 g/mol. The third-order valence-corrected chi connectivity index (χ3v) is 5.52. The Kier molecular flexibility index (Phi) is 5.24. The van der Waals surface area contributed by atoms with Gasteiger partial charge in [0.15, 0.2) is 3.95 Å². The number of carbonyl (C=O) groups is 2. The Hall–Kier alpha value is -2.78. The molecule has 1 aromatic heterocycles. The van der Waals surface area contributed by atoms with Gasteiger partial charge >= 0.3 is 5.97 Å². The van der Waals surface area contributed by atoms with Crippen molar-refractivity contribution in [3.8, 4) is 5.88 Å². The Morgan fingerprint density at radius 3 is 2.74 bits per heavy atom. The number of thiazole rings is 1. The highest BCUT2D eigenvalue weighted by Crippen LogP contribution is 2.36. The molecule has 0 saturated heterocycles. The van der Waals surface area contributed by atoms with Gasteiger partial charge in [0.1, 0.15) is 12.1 Å². The summed E-state index contributed by atoms with van der Waals surface area (Å²) in [5.41, 5.74) is 2.63. The zero-order chi connectivity index (χ0) is 19.7. The lowest BCUT2D eigenvalue weighted by molar-refractivity contribution is -0.141. The van der Waals surface area contributed by atoms with Crippen molar-refractivity contribution in [2.75, 3.05) is 0 Å². The number of aliphatic imine (C=N–C) groups is 1. The lowest BCUT2D eigenvalue weighted by atomic mass is 10.1. The molecule has 9 heteroatoms. The molecule has 2 aromatic rings. The number of carbonyl (C=O) groups excluding carboxylic acids is 1. The molecule has 0 aliphatic carbocycles. The average molecular weight is 403 g/mol. The molecule has 0 bridgehead atoms. The number of amides is 1. The molecule has 27 heavy (non-hydrogen) atoms. The summed E-state index contributed by atoms with van der Waals surface area (Å²) in [5.74, 6) is -1.82. The predicted molar refractivity (Wildman–Crippen MR) is 107 cm³/mol. The number of fused-ring (bicyclic) bond motifs is 1. The molecule has 3 N–H and O–H groups in total. The van der Waals surface area contributed by atoms with Crippen LogP contribution in [0.25, 0.3) is 11.6 Å². The van der Waals surface area contributed by atoms with Gasteiger partial charge < -0.3 is 15.5 Å². The van der Waals surface area contributed by atoms with E-state index >= 15 is 0 Å². The fourth-order valence-corrected chi connectivity index (χ4v) is 4.06. The second kappa shape index (κ2) is 7.45. The highest BCUT2D eigenvalue weighted by atomic mass is 32.1. The van der Waals surface area contributed by atoms with Gasteiger partial charge in [-0.1, -0.05) is 18.2 Å². The fraction of sp³-hybridized carbons (Fsp3) is 0.222. The molecule has 1 aromatic carbocycles. The smallest absolute Gasteiger partial charge is 0.325 e. The summed E-state index contributed by atoms with van der Waals surface area (Å²) >= 11 is 6.47. The second-order valence-electron chi connectivity index (χ2n) is 6.05. The first-order valence-corrected chi connectivity index (χ1v) is 9.34. The number of hydrogen-bond acceptors (Lipinski definition) is 6. The maximum Gasteiger partial charge on any atom is 0.325 e. The molecule has 1 amide bonds. The van der Waals surface area contributed by atoms with Gasteiger partial charge in [-0.15, -0.1) is 11.3 Å². The highest BCUT2D eigenvalue weighted by molar-refractivity contribution is 7.73. The number of carboxylic acid groups (broad SMARTS) is 1. The van der Waals surface area contributed by atoms with Crippen molar-refractivity contribution in [2.24, 2.45) is 4.99 Å². The molecule has 0 spiro atoms. The van der Waals surface area contributed by atoms with Gasteiger partial charge in [0.25, 0.3) is 0 Å². The quantitative estimate of drug-likeness (QED) is 0.664. The van der Waals surface area contributed by atoms with E-state index in [-0.39, 0.29) is 5.88 Å². The van der Waals surface area contributed by atoms with Crippen LogP contribution in [-0.2, 0) is 9.59 Å². The van der Waals surface area contributed by atoms with Crippen LogP contribution in [0.5, 0.6) is 5.88 Å². The molecule has 1 aliphatic heterocycles. The van der Waals surface area contributed by atoms with Gasteiger partial charge in [0.2, 0.25) is 11.8 Å². The SMILES string of the molecule is CC(NC(=O)C(C)n1c(O)c(/C=C2/C=Nc3ccccc32)sc1=S)C(=O)O. The number of para-hydroxylation sites is 1. The van der Waals surface area contributed by atoms with E-state index in [0.29, 0.717) is 8.83 Å². The molecule has 0 fully saturated rings. The summed E-state index contributed by atoms with van der Waals surface area (Å²) in [6.45, 7) is 2.92. The largest absolute Gasteiger partial charge is 0.493 e. The van der Waals surface area contributed by atoms with Crippen molar-refractivity contribution in [1.82, 2.24) is 9.88 Å². The number of allylic oxidation sites excluding steroid dienone is 1. The maximum atomic E-state index is 12.3. The topological polar surface area (TPSA) is 104 Å². The van der Waals surface area contributed by atoms with E-state index in [1.165, 1.54) is 22.8 Å². The van der Waals surface area contributed by atoms with Crippen molar-refractivity contribution in [3.05, 3.63) is 38.7 Å². The third kappa shape index (κ3) is 3.69. The molecular weight excluding hydrogens is 386 g/mol. The lowest BCUT2D eigenvalue weighted by Crippen LogP contribution is -2.41. The van der Waals surface area contributed by atoms with Crippen molar-refractivity contribution < 1.29 is 19.8 Å². The van der Waals surface area contributed by atoms with Crippen molar-refractivity contribution in [3.63, 3.8) is 0 Å². The standard InChI is InChI=1S/C18H17N3O4S2/c1-9(17(24)25)20-15(22)10(2)21-16(23)14(27-18(21)26)7-11-8-19-13-6-4-3-5-12(11)13/h3-10,23H,1-2H3,(H,20,22)(H,24,25)/b11-7-. The predicted octanol–water partition coefficient (Wildman–Crippen LogP) is 3.39. The number of carboxylic acids is 1. The minimum absolute atomic E-state index is 0.138. The van der Waals surface area contributed by atoms with E-state index in [1.807, 2.05) is 24.3 Å². The Morgan fingerprint density at radius 1 is 1.33 bits per heavy atom. The molecular formula is C18H17N3O4S2. The van der Waals surface area contributed by atoms with Crippen LogP contribution in [0, 0.1) is 3.95 Å². The molecule has 140 valence electrons. The summed E-state index contributed by atoms with van der Waals surface area (Å²) in [5, 5.41) is 21.9. The van der Waals surface area contributed by atoms with Crippen LogP contribution in [0.4, 0.5) is 5.69 Å². The highest BCUT2D eigenvalue weighted by Gasteiger charge is 2.24. The number of aromatic hydroxyl groups is 1. The Labute approximate surface area is 164 Å². The average Bonchev–Trinajstić information content (AvgIpc) is 3.15. The van der Waals surface area contributed by atoms with Gasteiger partial charge in [0, 0.05) is 17.4 Å². The van der Waals surface area contributed by atoms with E-state index in [1.54, 1.807) is 19.2 Å². The van der Waals surface area contributed by atoms with Crippen LogP contribution >= 0.6 is 23.6 Å². The van der Waals surface area contributed by atoms with E-state index in [0.717, 1.165) is 16.8 Å². The number of rotatable bonds is 5. The molecule has 0 saturated carbocycles. The molecule has 2 atom stereocenters. The maximum absolute atomic E-state index is 12.3. The van der Waals surface area contributed by atoms with Gasteiger partial charge in [-0.05, 0) is 38.2 Å². The lowest BCUT2D eigenvalue weighted by Gasteiger charge is -2.16. The first-order valence-electron chi connectivity index (χ1n) is 8.12. The van der Waals surface area contributed by atoms with Crippen LogP contribution in [-0.4, -0.2) is 38.9 Å². The summed E-state index contributed by atoms with van der Waals surface area (Å²) < 4.78 is 1.63. The molecule has 7 nitrogen and oxygen atoms in total. The van der Waals surface area contributed by atoms with Crippen LogP contribution in [0.1, 0.15) is 30.3 Å². The molecule has 2 unspecified atom stereocenters. The number of aromatic nitrogens is 1. The zero-order valence-electron chi connectivity index (χ0n) is 14.5. The van der Waals surface area contributed by atoms with Gasteiger partial charge in [0.05, 0.1) is 10.6 Å². The van der Waals surface area contributed by atoms with Crippen molar-refractivity contribution >= 4 is 59.0 Å². The van der Waals surface area contributed by atoms with Crippen LogP contribution < -0.4 is 5.32 Å². The van der Waals surface area contributed by atoms with Crippen LogP contribution in [0.15, 0.2) is 29.3 Å². The number of benzene rings is 1. The number of aliphatic carboxylic acids is 1. The molecule has 1 aliphatic rings. The number of nitrogens with one attached hydrogen (secondary N) is 1. The minimum atomic E-state index is -1.14. The minimum Gasteiger partial charge on any atom is -0.493 e. The first kappa shape index (κ1) is 19.0. The van der Waals surface area contributed by atoms with E-state index in [2.05, 4.69) is 10.3 Å². The second-order valence-corrected chi connectivity index (χ2v) is 7.72. The first-order chi connectivity index (χ1) is 12.8. The fourth-order valence-electron chi connectivity index (χ4n) is 2.64. The van der Waals surface area contributed by atoms with E-state index in [4.69, 9.17) is 17.3 Å². The van der Waals surface area contributed by atoms with Crippen LogP contribution in [0.3, 0.4) is 0 Å². The molecule has 3 rings (SSSR count).